The van der Waals surface area contributed by atoms with Gasteiger partial charge in [0.15, 0.2) is 0 Å². The van der Waals surface area contributed by atoms with E-state index in [1.807, 2.05) is 6.07 Å². The summed E-state index contributed by atoms with van der Waals surface area (Å²) >= 11 is 0. The molecule has 1 saturated heterocycles. The molecule has 2 aliphatic rings. The van der Waals surface area contributed by atoms with E-state index < -0.39 is 0 Å². The van der Waals surface area contributed by atoms with Crippen molar-refractivity contribution in [3.63, 3.8) is 0 Å². The van der Waals surface area contributed by atoms with Crippen molar-refractivity contribution in [2.24, 2.45) is 0 Å². The Labute approximate surface area is 109 Å². The van der Waals surface area contributed by atoms with Crippen LogP contribution in [0, 0.1) is 5.41 Å². The van der Waals surface area contributed by atoms with E-state index in [0.717, 1.165) is 24.4 Å². The summed E-state index contributed by atoms with van der Waals surface area (Å²) in [7, 11) is 0. The average molecular weight is 243 g/mol. The number of para-hydroxylation sites is 1. The van der Waals surface area contributed by atoms with Gasteiger partial charge in [0.25, 0.3) is 0 Å². The standard InChI is InChI=1S/C15H21N3/c1-11(14-7-4-5-9-17-14)18-10-13(16)12-6-2-3-8-15(12)18/h2-3,6,8,11,14,16-17H,4-5,7,9-10H2,1H3. The molecule has 2 N–H and O–H groups in total. The fourth-order valence-corrected chi connectivity index (χ4v) is 3.19. The van der Waals surface area contributed by atoms with E-state index in [-0.39, 0.29) is 0 Å². The third-order valence-electron chi connectivity index (χ3n) is 4.29. The molecule has 2 unspecified atom stereocenters. The van der Waals surface area contributed by atoms with Gasteiger partial charge in [-0.25, -0.2) is 0 Å². The Kier molecular flexibility index (Phi) is 3.08. The molecule has 0 aliphatic carbocycles. The lowest BCUT2D eigenvalue weighted by Gasteiger charge is -2.36. The summed E-state index contributed by atoms with van der Waals surface area (Å²) in [4.78, 5) is 2.39. The molecule has 0 saturated carbocycles. The molecule has 0 amide bonds. The molecule has 2 heterocycles. The predicted octanol–water partition coefficient (Wildman–Crippen LogP) is 2.41. The first-order valence-electron chi connectivity index (χ1n) is 6.94. The normalized spacial score (nSPS) is 25.1. The second kappa shape index (κ2) is 4.73. The topological polar surface area (TPSA) is 39.1 Å². The molecule has 96 valence electrons. The van der Waals surface area contributed by atoms with Crippen molar-refractivity contribution < 1.29 is 0 Å². The summed E-state index contributed by atoms with van der Waals surface area (Å²) < 4.78 is 0. The first-order chi connectivity index (χ1) is 8.77. The van der Waals surface area contributed by atoms with Crippen LogP contribution in [0.15, 0.2) is 24.3 Å². The highest BCUT2D eigenvalue weighted by molar-refractivity contribution is 6.10. The zero-order chi connectivity index (χ0) is 12.5. The van der Waals surface area contributed by atoms with Crippen molar-refractivity contribution in [3.8, 4) is 0 Å². The zero-order valence-corrected chi connectivity index (χ0v) is 10.9. The average Bonchev–Trinajstić information content (AvgIpc) is 2.77. The van der Waals surface area contributed by atoms with E-state index in [2.05, 4.69) is 35.3 Å². The molecule has 1 aromatic rings. The molecule has 0 aromatic heterocycles. The minimum atomic E-state index is 0.467. The minimum Gasteiger partial charge on any atom is -0.361 e. The second-order valence-electron chi connectivity index (χ2n) is 5.42. The number of anilines is 1. The maximum Gasteiger partial charge on any atom is 0.0605 e. The van der Waals surface area contributed by atoms with Crippen LogP contribution in [-0.4, -0.2) is 30.9 Å². The summed E-state index contributed by atoms with van der Waals surface area (Å²) in [5.74, 6) is 0. The molecule has 3 nitrogen and oxygen atoms in total. The lowest BCUT2D eigenvalue weighted by Crippen LogP contribution is -2.50. The highest BCUT2D eigenvalue weighted by atomic mass is 15.2. The van der Waals surface area contributed by atoms with Gasteiger partial charge in [0.2, 0.25) is 0 Å². The smallest absolute Gasteiger partial charge is 0.0605 e. The number of hydrogen-bond acceptors (Lipinski definition) is 3. The minimum absolute atomic E-state index is 0.467. The van der Waals surface area contributed by atoms with Gasteiger partial charge in [-0.15, -0.1) is 0 Å². The van der Waals surface area contributed by atoms with Crippen molar-refractivity contribution in [2.75, 3.05) is 18.0 Å². The largest absolute Gasteiger partial charge is 0.361 e. The van der Waals surface area contributed by atoms with Gasteiger partial charge in [0.1, 0.15) is 0 Å². The SMILES string of the molecule is CC(C1CCCCN1)N1CC(=N)c2ccccc21. The Morgan fingerprint density at radius 1 is 1.33 bits per heavy atom. The van der Waals surface area contributed by atoms with Gasteiger partial charge in [-0.1, -0.05) is 24.6 Å². The first-order valence-corrected chi connectivity index (χ1v) is 6.94. The summed E-state index contributed by atoms with van der Waals surface area (Å²) in [6, 6.07) is 9.35. The van der Waals surface area contributed by atoms with Crippen LogP contribution in [0.2, 0.25) is 0 Å². The van der Waals surface area contributed by atoms with Crippen LogP contribution >= 0.6 is 0 Å². The van der Waals surface area contributed by atoms with Gasteiger partial charge in [-0.2, -0.15) is 0 Å². The third-order valence-corrected chi connectivity index (χ3v) is 4.29. The van der Waals surface area contributed by atoms with Gasteiger partial charge >= 0.3 is 0 Å². The fraction of sp³-hybridized carbons (Fsp3) is 0.533. The van der Waals surface area contributed by atoms with Crippen LogP contribution in [0.4, 0.5) is 5.69 Å². The monoisotopic (exact) mass is 243 g/mol. The summed E-state index contributed by atoms with van der Waals surface area (Å²) in [5.41, 5.74) is 3.11. The van der Waals surface area contributed by atoms with Crippen LogP contribution in [0.5, 0.6) is 0 Å². The number of fused-ring (bicyclic) bond motifs is 1. The van der Waals surface area contributed by atoms with Gasteiger partial charge < -0.3 is 15.6 Å². The third kappa shape index (κ3) is 1.93. The van der Waals surface area contributed by atoms with Crippen molar-refractivity contribution in [2.45, 2.75) is 38.3 Å². The number of nitrogens with one attached hydrogen (secondary N) is 2. The number of rotatable bonds is 2. The highest BCUT2D eigenvalue weighted by Gasteiger charge is 2.31. The van der Waals surface area contributed by atoms with Crippen LogP contribution in [0.3, 0.4) is 0 Å². The Hall–Kier alpha value is -1.35. The molecule has 2 aliphatic heterocycles. The predicted molar refractivity (Wildman–Crippen MR) is 75.7 cm³/mol. The summed E-state index contributed by atoms with van der Waals surface area (Å²) in [6.45, 7) is 4.19. The molecule has 1 fully saturated rings. The Bertz CT molecular complexity index is 449. The van der Waals surface area contributed by atoms with Crippen LogP contribution in [0.1, 0.15) is 31.7 Å². The second-order valence-corrected chi connectivity index (χ2v) is 5.42. The fourth-order valence-electron chi connectivity index (χ4n) is 3.19. The van der Waals surface area contributed by atoms with E-state index in [4.69, 9.17) is 5.41 Å². The molecular weight excluding hydrogens is 222 g/mol. The quantitative estimate of drug-likeness (QED) is 0.837. The van der Waals surface area contributed by atoms with Gasteiger partial charge in [0.05, 0.1) is 12.3 Å². The lowest BCUT2D eigenvalue weighted by atomic mass is 9.98. The van der Waals surface area contributed by atoms with Crippen LogP contribution < -0.4 is 10.2 Å². The Balaban J connectivity index is 1.83. The molecule has 3 rings (SSSR count). The van der Waals surface area contributed by atoms with Crippen molar-refractivity contribution in [3.05, 3.63) is 29.8 Å². The molecule has 3 heteroatoms. The molecule has 0 spiro atoms. The molecule has 0 radical (unpaired) electrons. The van der Waals surface area contributed by atoms with Gasteiger partial charge in [-0.3, -0.25) is 0 Å². The summed E-state index contributed by atoms with van der Waals surface area (Å²) in [5, 5.41) is 11.7. The molecule has 2 atom stereocenters. The highest BCUT2D eigenvalue weighted by Crippen LogP contribution is 2.31. The zero-order valence-electron chi connectivity index (χ0n) is 10.9. The van der Waals surface area contributed by atoms with Gasteiger partial charge in [0, 0.05) is 23.3 Å². The van der Waals surface area contributed by atoms with E-state index in [9.17, 15) is 0 Å². The summed E-state index contributed by atoms with van der Waals surface area (Å²) in [6.07, 6.45) is 3.89. The maximum absolute atomic E-state index is 8.11. The van der Waals surface area contributed by atoms with Crippen molar-refractivity contribution >= 4 is 11.4 Å². The number of benzene rings is 1. The molecule has 1 aromatic carbocycles. The van der Waals surface area contributed by atoms with Crippen molar-refractivity contribution in [1.29, 1.82) is 5.41 Å². The number of piperidine rings is 1. The number of nitrogens with zero attached hydrogens (tertiary/aromatic N) is 1. The molecule has 18 heavy (non-hydrogen) atoms. The first kappa shape index (κ1) is 11.7. The lowest BCUT2D eigenvalue weighted by molar-refractivity contribution is 0.353. The van der Waals surface area contributed by atoms with Crippen molar-refractivity contribution in [1.82, 2.24) is 5.32 Å². The van der Waals surface area contributed by atoms with E-state index in [0.29, 0.717) is 12.1 Å². The van der Waals surface area contributed by atoms with Crippen LogP contribution in [0.25, 0.3) is 0 Å². The Morgan fingerprint density at radius 3 is 2.94 bits per heavy atom. The Morgan fingerprint density at radius 2 is 2.17 bits per heavy atom. The molecular formula is C15H21N3. The van der Waals surface area contributed by atoms with Crippen LogP contribution in [-0.2, 0) is 0 Å². The maximum atomic E-state index is 8.11. The molecule has 0 bridgehead atoms. The number of hydrogen-bond donors (Lipinski definition) is 2. The van der Waals surface area contributed by atoms with E-state index >= 15 is 0 Å². The van der Waals surface area contributed by atoms with E-state index in [1.165, 1.54) is 24.9 Å². The van der Waals surface area contributed by atoms with Gasteiger partial charge in [-0.05, 0) is 32.4 Å². The van der Waals surface area contributed by atoms with E-state index in [1.54, 1.807) is 0 Å².